The average Bonchev–Trinajstić information content (AvgIpc) is 2.59. The van der Waals surface area contributed by atoms with Crippen molar-refractivity contribution in [3.8, 4) is 11.6 Å². The minimum absolute atomic E-state index is 0. The molecule has 24 heavy (non-hydrogen) atoms. The molecule has 1 aromatic carbocycles. The van der Waals surface area contributed by atoms with Crippen LogP contribution in [0.25, 0.3) is 0 Å². The Bertz CT molecular complexity index is 696. The van der Waals surface area contributed by atoms with Crippen molar-refractivity contribution in [2.45, 2.75) is 38.1 Å². The van der Waals surface area contributed by atoms with Gasteiger partial charge in [-0.3, -0.25) is 4.79 Å². The fraction of sp³-hybridized carbons (Fsp3) is 0.412. The summed E-state index contributed by atoms with van der Waals surface area (Å²) in [5.41, 5.74) is 6.52. The van der Waals surface area contributed by atoms with Crippen LogP contribution in [0.3, 0.4) is 0 Å². The van der Waals surface area contributed by atoms with Gasteiger partial charge in [0.05, 0.1) is 6.33 Å². The van der Waals surface area contributed by atoms with E-state index in [1.165, 1.54) is 31.2 Å². The first-order chi connectivity index (χ1) is 11.2. The van der Waals surface area contributed by atoms with Gasteiger partial charge in [-0.2, -0.15) is 0 Å². The Morgan fingerprint density at radius 3 is 2.75 bits per heavy atom. The molecule has 7 heteroatoms. The number of H-pyrrole nitrogens is 1. The van der Waals surface area contributed by atoms with Gasteiger partial charge in [-0.05, 0) is 49.9 Å². The van der Waals surface area contributed by atoms with Crippen molar-refractivity contribution in [2.75, 3.05) is 12.3 Å². The van der Waals surface area contributed by atoms with E-state index in [2.05, 4.69) is 15.3 Å². The zero-order valence-electron chi connectivity index (χ0n) is 13.5. The summed E-state index contributed by atoms with van der Waals surface area (Å²) in [5, 5.41) is 3.57. The summed E-state index contributed by atoms with van der Waals surface area (Å²) < 4.78 is 5.57. The summed E-state index contributed by atoms with van der Waals surface area (Å²) in [6, 6.07) is 8.49. The Kier molecular flexibility index (Phi) is 6.63. The molecule has 0 spiro atoms. The molecule has 2 aromatic rings. The molecule has 3 rings (SSSR count). The van der Waals surface area contributed by atoms with Crippen LogP contribution in [0.5, 0.6) is 11.6 Å². The maximum Gasteiger partial charge on any atom is 0.277 e. The van der Waals surface area contributed by atoms with Crippen molar-refractivity contribution in [3.63, 3.8) is 0 Å². The first-order valence-corrected chi connectivity index (χ1v) is 8.06. The zero-order valence-corrected chi connectivity index (χ0v) is 14.3. The van der Waals surface area contributed by atoms with Crippen LogP contribution in [-0.2, 0) is 6.42 Å². The standard InChI is InChI=1S/C17H22N4O2.ClH/c18-15-16(22)20-11-21-17(15)23-14-8-5-12(6-9-14)4-7-13-3-1-2-10-19-13;/h5-6,8-9,11,13,19H,1-4,7,10,18H2,(H,20,21,22);1H. The van der Waals surface area contributed by atoms with Crippen LogP contribution in [0.1, 0.15) is 31.2 Å². The maximum absolute atomic E-state index is 11.4. The molecule has 0 radical (unpaired) electrons. The summed E-state index contributed by atoms with van der Waals surface area (Å²) in [5.74, 6) is 0.752. The molecule has 2 heterocycles. The predicted octanol–water partition coefficient (Wildman–Crippen LogP) is 2.64. The van der Waals surface area contributed by atoms with Gasteiger partial charge in [0.15, 0.2) is 5.69 Å². The SMILES string of the molecule is Cl.Nc1c(Oc2ccc(CCC3CCCCN3)cc2)nc[nH]c1=O. The summed E-state index contributed by atoms with van der Waals surface area (Å²) in [6.45, 7) is 1.14. The second-order valence-corrected chi connectivity index (χ2v) is 5.88. The minimum Gasteiger partial charge on any atom is -0.437 e. The molecule has 1 aliphatic heterocycles. The van der Waals surface area contributed by atoms with Crippen LogP contribution >= 0.6 is 12.4 Å². The second kappa shape index (κ2) is 8.70. The molecule has 1 saturated heterocycles. The van der Waals surface area contributed by atoms with E-state index in [0.29, 0.717) is 11.8 Å². The highest BCUT2D eigenvalue weighted by Gasteiger charge is 2.12. The van der Waals surface area contributed by atoms with Crippen LogP contribution in [0.15, 0.2) is 35.4 Å². The van der Waals surface area contributed by atoms with Crippen LogP contribution in [0, 0.1) is 0 Å². The number of nitrogen functional groups attached to an aromatic ring is 1. The Labute approximate surface area is 147 Å². The fourth-order valence-electron chi connectivity index (χ4n) is 2.82. The first-order valence-electron chi connectivity index (χ1n) is 8.06. The van der Waals surface area contributed by atoms with E-state index in [4.69, 9.17) is 10.5 Å². The van der Waals surface area contributed by atoms with E-state index >= 15 is 0 Å². The van der Waals surface area contributed by atoms with E-state index in [1.807, 2.05) is 24.3 Å². The molecule has 4 N–H and O–H groups in total. The minimum atomic E-state index is -0.397. The number of rotatable bonds is 5. The van der Waals surface area contributed by atoms with E-state index in [0.717, 1.165) is 19.4 Å². The molecule has 1 aromatic heterocycles. The van der Waals surface area contributed by atoms with Gasteiger partial charge < -0.3 is 20.8 Å². The molecule has 1 atom stereocenters. The number of nitrogens with zero attached hydrogens (tertiary/aromatic N) is 1. The number of hydrogen-bond acceptors (Lipinski definition) is 5. The molecule has 1 fully saturated rings. The number of aromatic amines is 1. The van der Waals surface area contributed by atoms with E-state index < -0.39 is 5.56 Å². The van der Waals surface area contributed by atoms with Crippen LogP contribution in [0.4, 0.5) is 5.69 Å². The first kappa shape index (κ1) is 18.3. The molecule has 6 nitrogen and oxygen atoms in total. The van der Waals surface area contributed by atoms with Crippen molar-refractivity contribution in [3.05, 3.63) is 46.5 Å². The predicted molar refractivity (Wildman–Crippen MR) is 97.0 cm³/mol. The fourth-order valence-corrected chi connectivity index (χ4v) is 2.82. The van der Waals surface area contributed by atoms with Crippen molar-refractivity contribution < 1.29 is 4.74 Å². The van der Waals surface area contributed by atoms with Crippen molar-refractivity contribution in [1.82, 2.24) is 15.3 Å². The number of piperidine rings is 1. The number of hydrogen-bond donors (Lipinski definition) is 3. The number of anilines is 1. The Morgan fingerprint density at radius 1 is 1.25 bits per heavy atom. The van der Waals surface area contributed by atoms with Gasteiger partial charge in [-0.1, -0.05) is 18.6 Å². The van der Waals surface area contributed by atoms with Crippen LogP contribution in [0.2, 0.25) is 0 Å². The van der Waals surface area contributed by atoms with Gasteiger partial charge in [0.2, 0.25) is 5.88 Å². The molecule has 0 aliphatic carbocycles. The topological polar surface area (TPSA) is 93.0 Å². The number of halogens is 1. The van der Waals surface area contributed by atoms with Gasteiger partial charge in [-0.25, -0.2) is 4.98 Å². The third-order valence-corrected chi connectivity index (χ3v) is 4.18. The number of aryl methyl sites for hydroxylation is 1. The lowest BCUT2D eigenvalue weighted by Gasteiger charge is -2.23. The lowest BCUT2D eigenvalue weighted by molar-refractivity contribution is 0.383. The number of aromatic nitrogens is 2. The molecular formula is C17H23ClN4O2. The third-order valence-electron chi connectivity index (χ3n) is 4.18. The van der Waals surface area contributed by atoms with Crippen LogP contribution < -0.4 is 21.3 Å². The molecule has 0 saturated carbocycles. The molecule has 0 bridgehead atoms. The van der Waals surface area contributed by atoms with Gasteiger partial charge in [-0.15, -0.1) is 12.4 Å². The Hall–Kier alpha value is -2.05. The molecular weight excluding hydrogens is 328 g/mol. The summed E-state index contributed by atoms with van der Waals surface area (Å²) in [4.78, 5) is 17.8. The van der Waals surface area contributed by atoms with Gasteiger partial charge in [0, 0.05) is 6.04 Å². The molecule has 0 amide bonds. The highest BCUT2D eigenvalue weighted by atomic mass is 35.5. The van der Waals surface area contributed by atoms with Crippen LogP contribution in [-0.4, -0.2) is 22.6 Å². The summed E-state index contributed by atoms with van der Waals surface area (Å²) in [6.07, 6.45) is 7.37. The zero-order chi connectivity index (χ0) is 16.1. The Balaban J connectivity index is 0.00000208. The second-order valence-electron chi connectivity index (χ2n) is 5.88. The lowest BCUT2D eigenvalue weighted by Crippen LogP contribution is -2.34. The van der Waals surface area contributed by atoms with Gasteiger partial charge >= 0.3 is 0 Å². The number of nitrogens with one attached hydrogen (secondary N) is 2. The summed E-state index contributed by atoms with van der Waals surface area (Å²) in [7, 11) is 0. The van der Waals surface area contributed by atoms with Crippen molar-refractivity contribution in [1.29, 1.82) is 0 Å². The van der Waals surface area contributed by atoms with Gasteiger partial charge in [0.1, 0.15) is 5.75 Å². The average molecular weight is 351 g/mol. The lowest BCUT2D eigenvalue weighted by atomic mass is 9.98. The largest absolute Gasteiger partial charge is 0.437 e. The Morgan fingerprint density at radius 2 is 2.04 bits per heavy atom. The number of benzene rings is 1. The molecule has 130 valence electrons. The molecule has 1 unspecified atom stereocenters. The number of nitrogens with two attached hydrogens (primary N) is 1. The maximum atomic E-state index is 11.4. The highest BCUT2D eigenvalue weighted by Crippen LogP contribution is 2.23. The smallest absolute Gasteiger partial charge is 0.277 e. The quantitative estimate of drug-likeness (QED) is 0.770. The van der Waals surface area contributed by atoms with E-state index in [9.17, 15) is 4.79 Å². The van der Waals surface area contributed by atoms with Gasteiger partial charge in [0.25, 0.3) is 5.56 Å². The monoisotopic (exact) mass is 350 g/mol. The number of ether oxygens (including phenoxy) is 1. The third kappa shape index (κ3) is 4.72. The molecule has 1 aliphatic rings. The van der Waals surface area contributed by atoms with Crippen molar-refractivity contribution in [2.24, 2.45) is 0 Å². The van der Waals surface area contributed by atoms with E-state index in [-0.39, 0.29) is 24.0 Å². The normalized spacial score (nSPS) is 17.1. The highest BCUT2D eigenvalue weighted by molar-refractivity contribution is 5.85. The van der Waals surface area contributed by atoms with Crippen molar-refractivity contribution >= 4 is 18.1 Å². The summed E-state index contributed by atoms with van der Waals surface area (Å²) >= 11 is 0. The van der Waals surface area contributed by atoms with E-state index in [1.54, 1.807) is 0 Å².